The molecule has 2 nitrogen and oxygen atoms in total. The molecule has 14 heavy (non-hydrogen) atoms. The van der Waals surface area contributed by atoms with Crippen LogP contribution in [0.2, 0.25) is 0 Å². The Bertz CT molecular complexity index is 316. The molecular weight excluding hydrogens is 176 g/mol. The van der Waals surface area contributed by atoms with Gasteiger partial charge in [0.05, 0.1) is 6.61 Å². The van der Waals surface area contributed by atoms with E-state index in [0.29, 0.717) is 6.61 Å². The Hall–Kier alpha value is -1.15. The highest BCUT2D eigenvalue weighted by molar-refractivity contribution is 5.77. The molecule has 0 spiro atoms. The van der Waals surface area contributed by atoms with Gasteiger partial charge in [-0.05, 0) is 5.56 Å². The van der Waals surface area contributed by atoms with E-state index in [0.717, 1.165) is 17.4 Å². The second-order valence-corrected chi connectivity index (χ2v) is 4.02. The van der Waals surface area contributed by atoms with Gasteiger partial charge in [0.1, 0.15) is 6.29 Å². The number of hydrogen-bond acceptors (Lipinski definition) is 2. The summed E-state index contributed by atoms with van der Waals surface area (Å²) in [5, 5.41) is 0. The van der Waals surface area contributed by atoms with E-state index in [4.69, 9.17) is 4.74 Å². The molecule has 0 saturated carbocycles. The molecule has 0 bridgehead atoms. The molecule has 0 saturated heterocycles. The molecule has 0 aliphatic heterocycles. The monoisotopic (exact) mass is 192 g/mol. The number of aldehydes is 1. The van der Waals surface area contributed by atoms with Crippen LogP contribution in [-0.2, 0) is 10.2 Å². The summed E-state index contributed by atoms with van der Waals surface area (Å²) in [6, 6.07) is 7.62. The molecular formula is C12H16O2. The molecule has 0 amide bonds. The predicted octanol–water partition coefficient (Wildman–Crippen LogP) is 2.42. The SMILES string of the molecule is COCC(C)(C)c1ccccc1C=O. The Morgan fingerprint density at radius 1 is 1.36 bits per heavy atom. The van der Waals surface area contributed by atoms with Gasteiger partial charge in [-0.3, -0.25) is 4.79 Å². The third kappa shape index (κ3) is 2.20. The van der Waals surface area contributed by atoms with Crippen LogP contribution in [-0.4, -0.2) is 20.0 Å². The van der Waals surface area contributed by atoms with E-state index in [-0.39, 0.29) is 5.41 Å². The number of hydrogen-bond donors (Lipinski definition) is 0. The molecule has 0 N–H and O–H groups in total. The van der Waals surface area contributed by atoms with E-state index in [1.165, 1.54) is 0 Å². The van der Waals surface area contributed by atoms with E-state index in [1.54, 1.807) is 7.11 Å². The summed E-state index contributed by atoms with van der Waals surface area (Å²) in [4.78, 5) is 10.8. The number of carbonyl (C=O) groups is 1. The molecule has 0 fully saturated rings. The summed E-state index contributed by atoms with van der Waals surface area (Å²) in [6.45, 7) is 4.75. The van der Waals surface area contributed by atoms with Gasteiger partial charge in [0, 0.05) is 18.1 Å². The first kappa shape index (κ1) is 10.9. The first-order valence-corrected chi connectivity index (χ1v) is 4.65. The van der Waals surface area contributed by atoms with Crippen molar-refractivity contribution in [2.24, 2.45) is 0 Å². The minimum absolute atomic E-state index is 0.119. The van der Waals surface area contributed by atoms with Crippen molar-refractivity contribution in [3.05, 3.63) is 35.4 Å². The minimum Gasteiger partial charge on any atom is -0.384 e. The van der Waals surface area contributed by atoms with Crippen LogP contribution >= 0.6 is 0 Å². The number of benzene rings is 1. The van der Waals surface area contributed by atoms with Crippen molar-refractivity contribution in [1.29, 1.82) is 0 Å². The van der Waals surface area contributed by atoms with Crippen molar-refractivity contribution in [1.82, 2.24) is 0 Å². The molecule has 1 aromatic rings. The molecule has 0 heterocycles. The third-order valence-corrected chi connectivity index (χ3v) is 2.32. The van der Waals surface area contributed by atoms with E-state index in [1.807, 2.05) is 24.3 Å². The van der Waals surface area contributed by atoms with Crippen LogP contribution in [0.25, 0.3) is 0 Å². The van der Waals surface area contributed by atoms with Gasteiger partial charge in [-0.15, -0.1) is 0 Å². The molecule has 0 atom stereocenters. The van der Waals surface area contributed by atoms with E-state index >= 15 is 0 Å². The van der Waals surface area contributed by atoms with Crippen LogP contribution in [0, 0.1) is 0 Å². The predicted molar refractivity (Wildman–Crippen MR) is 56.7 cm³/mol. The molecule has 0 aliphatic rings. The highest BCUT2D eigenvalue weighted by Crippen LogP contribution is 2.25. The maximum atomic E-state index is 10.8. The topological polar surface area (TPSA) is 26.3 Å². The average molecular weight is 192 g/mol. The lowest BCUT2D eigenvalue weighted by Gasteiger charge is -2.25. The summed E-state index contributed by atoms with van der Waals surface area (Å²) < 4.78 is 5.14. The summed E-state index contributed by atoms with van der Waals surface area (Å²) >= 11 is 0. The van der Waals surface area contributed by atoms with Gasteiger partial charge in [-0.25, -0.2) is 0 Å². The van der Waals surface area contributed by atoms with Gasteiger partial charge in [-0.2, -0.15) is 0 Å². The van der Waals surface area contributed by atoms with Crippen LogP contribution in [0.4, 0.5) is 0 Å². The smallest absolute Gasteiger partial charge is 0.150 e. The molecule has 1 aromatic carbocycles. The fraction of sp³-hybridized carbons (Fsp3) is 0.417. The van der Waals surface area contributed by atoms with E-state index in [9.17, 15) is 4.79 Å². The maximum Gasteiger partial charge on any atom is 0.150 e. The lowest BCUT2D eigenvalue weighted by Crippen LogP contribution is -2.25. The zero-order valence-electron chi connectivity index (χ0n) is 8.91. The molecule has 2 heteroatoms. The van der Waals surface area contributed by atoms with Crippen LogP contribution in [0.5, 0.6) is 0 Å². The lowest BCUT2D eigenvalue weighted by atomic mass is 9.83. The van der Waals surface area contributed by atoms with E-state index in [2.05, 4.69) is 13.8 Å². The average Bonchev–Trinajstić information content (AvgIpc) is 2.18. The highest BCUT2D eigenvalue weighted by atomic mass is 16.5. The van der Waals surface area contributed by atoms with Gasteiger partial charge >= 0.3 is 0 Å². The van der Waals surface area contributed by atoms with Crippen molar-refractivity contribution < 1.29 is 9.53 Å². The first-order valence-electron chi connectivity index (χ1n) is 4.65. The van der Waals surface area contributed by atoms with Crippen molar-refractivity contribution in [3.8, 4) is 0 Å². The molecule has 0 aliphatic carbocycles. The second-order valence-electron chi connectivity index (χ2n) is 4.02. The lowest BCUT2D eigenvalue weighted by molar-refractivity contribution is 0.111. The largest absolute Gasteiger partial charge is 0.384 e. The van der Waals surface area contributed by atoms with Crippen LogP contribution in [0.15, 0.2) is 24.3 Å². The number of ether oxygens (including phenoxy) is 1. The fourth-order valence-corrected chi connectivity index (χ4v) is 1.65. The third-order valence-electron chi connectivity index (χ3n) is 2.32. The maximum absolute atomic E-state index is 10.8. The van der Waals surface area contributed by atoms with Crippen LogP contribution in [0.1, 0.15) is 29.8 Å². The van der Waals surface area contributed by atoms with Crippen LogP contribution in [0.3, 0.4) is 0 Å². The second kappa shape index (κ2) is 4.38. The quantitative estimate of drug-likeness (QED) is 0.685. The number of methoxy groups -OCH3 is 1. The molecule has 0 aromatic heterocycles. The molecule has 1 rings (SSSR count). The Morgan fingerprint density at radius 2 is 2.00 bits per heavy atom. The van der Waals surface area contributed by atoms with E-state index < -0.39 is 0 Å². The summed E-state index contributed by atoms with van der Waals surface area (Å²) in [5.41, 5.74) is 1.66. The van der Waals surface area contributed by atoms with Gasteiger partial charge in [0.2, 0.25) is 0 Å². The molecule has 76 valence electrons. The Labute approximate surface area is 84.9 Å². The standard InChI is InChI=1S/C12H16O2/c1-12(2,9-14-3)11-7-5-4-6-10(11)8-13/h4-8H,9H2,1-3H3. The normalized spacial score (nSPS) is 11.4. The van der Waals surface area contributed by atoms with Crippen molar-refractivity contribution in [2.75, 3.05) is 13.7 Å². The van der Waals surface area contributed by atoms with Crippen molar-refractivity contribution in [3.63, 3.8) is 0 Å². The van der Waals surface area contributed by atoms with Gasteiger partial charge < -0.3 is 4.74 Å². The Kier molecular flexibility index (Phi) is 3.42. The van der Waals surface area contributed by atoms with Gasteiger partial charge in [0.25, 0.3) is 0 Å². The Balaban J connectivity index is 3.10. The van der Waals surface area contributed by atoms with Crippen molar-refractivity contribution >= 4 is 6.29 Å². The number of carbonyl (C=O) groups excluding carboxylic acids is 1. The zero-order valence-corrected chi connectivity index (χ0v) is 8.91. The molecule has 0 radical (unpaired) electrons. The first-order chi connectivity index (χ1) is 6.61. The minimum atomic E-state index is -0.119. The van der Waals surface area contributed by atoms with Gasteiger partial charge in [-0.1, -0.05) is 38.1 Å². The zero-order chi connectivity index (χ0) is 10.6. The van der Waals surface area contributed by atoms with Crippen molar-refractivity contribution in [2.45, 2.75) is 19.3 Å². The van der Waals surface area contributed by atoms with Crippen LogP contribution < -0.4 is 0 Å². The summed E-state index contributed by atoms with van der Waals surface area (Å²) in [6.07, 6.45) is 0.896. The molecule has 0 unspecified atom stereocenters. The fourth-order valence-electron chi connectivity index (χ4n) is 1.65. The van der Waals surface area contributed by atoms with Gasteiger partial charge in [0.15, 0.2) is 0 Å². The summed E-state index contributed by atoms with van der Waals surface area (Å²) in [5.74, 6) is 0. The highest BCUT2D eigenvalue weighted by Gasteiger charge is 2.22. The number of rotatable bonds is 4. The summed E-state index contributed by atoms with van der Waals surface area (Å²) in [7, 11) is 1.67. The Morgan fingerprint density at radius 3 is 2.57 bits per heavy atom.